The SMILES string of the molecule is CCOC(=O)CCN(c1ccccc1Cl)C(CC)C(=O)O. The van der Waals surface area contributed by atoms with Crippen LogP contribution < -0.4 is 4.90 Å². The quantitative estimate of drug-likeness (QED) is 0.747. The van der Waals surface area contributed by atoms with Crippen LogP contribution in [0.3, 0.4) is 0 Å². The van der Waals surface area contributed by atoms with Gasteiger partial charge in [0.15, 0.2) is 0 Å². The van der Waals surface area contributed by atoms with E-state index in [1.807, 2.05) is 0 Å². The molecular weight excluding hydrogens is 294 g/mol. The third-order valence-corrected chi connectivity index (χ3v) is 3.39. The molecule has 0 saturated heterocycles. The van der Waals surface area contributed by atoms with Crippen LogP contribution in [0.1, 0.15) is 26.7 Å². The first kappa shape index (κ1) is 17.3. The van der Waals surface area contributed by atoms with Crippen molar-refractivity contribution in [2.24, 2.45) is 0 Å². The molecule has 1 aromatic carbocycles. The molecule has 1 rings (SSSR count). The first-order valence-corrected chi connectivity index (χ1v) is 7.28. The third-order valence-electron chi connectivity index (χ3n) is 3.07. The van der Waals surface area contributed by atoms with Gasteiger partial charge in [-0.1, -0.05) is 30.7 Å². The standard InChI is InChI=1S/C15H20ClNO4/c1-3-12(15(19)20)17(10-9-14(18)21-4-2)13-8-6-5-7-11(13)16/h5-8,12H,3-4,9-10H2,1-2H3,(H,19,20). The molecule has 0 bridgehead atoms. The Bertz CT molecular complexity index is 492. The van der Waals surface area contributed by atoms with Crippen LogP contribution in [0.4, 0.5) is 5.69 Å². The van der Waals surface area contributed by atoms with Gasteiger partial charge in [0.2, 0.25) is 0 Å². The van der Waals surface area contributed by atoms with Crippen molar-refractivity contribution >= 4 is 29.2 Å². The average Bonchev–Trinajstić information content (AvgIpc) is 2.44. The summed E-state index contributed by atoms with van der Waals surface area (Å²) in [5, 5.41) is 9.82. The Morgan fingerprint density at radius 2 is 2.00 bits per heavy atom. The molecule has 5 nitrogen and oxygen atoms in total. The molecule has 0 spiro atoms. The number of carbonyl (C=O) groups is 2. The van der Waals surface area contributed by atoms with Crippen LogP contribution in [0, 0.1) is 0 Å². The summed E-state index contributed by atoms with van der Waals surface area (Å²) in [6.45, 7) is 4.07. The van der Waals surface area contributed by atoms with E-state index in [1.165, 1.54) is 0 Å². The summed E-state index contributed by atoms with van der Waals surface area (Å²) in [4.78, 5) is 24.6. The van der Waals surface area contributed by atoms with Gasteiger partial charge in [-0.25, -0.2) is 4.79 Å². The highest BCUT2D eigenvalue weighted by Gasteiger charge is 2.26. The summed E-state index contributed by atoms with van der Waals surface area (Å²) in [5.41, 5.74) is 0.609. The maximum Gasteiger partial charge on any atom is 0.326 e. The Morgan fingerprint density at radius 3 is 2.52 bits per heavy atom. The highest BCUT2D eigenvalue weighted by atomic mass is 35.5. The molecule has 0 aliphatic heterocycles. The van der Waals surface area contributed by atoms with Crippen LogP contribution in [0.15, 0.2) is 24.3 Å². The number of anilines is 1. The van der Waals surface area contributed by atoms with E-state index in [1.54, 1.807) is 43.0 Å². The summed E-state index contributed by atoms with van der Waals surface area (Å²) < 4.78 is 4.89. The first-order chi connectivity index (χ1) is 10.0. The van der Waals surface area contributed by atoms with Crippen molar-refractivity contribution in [2.45, 2.75) is 32.7 Å². The van der Waals surface area contributed by atoms with Gasteiger partial charge in [0, 0.05) is 6.54 Å². The van der Waals surface area contributed by atoms with Crippen molar-refractivity contribution in [3.8, 4) is 0 Å². The van der Waals surface area contributed by atoms with Gasteiger partial charge < -0.3 is 14.7 Å². The van der Waals surface area contributed by atoms with E-state index in [-0.39, 0.29) is 18.9 Å². The lowest BCUT2D eigenvalue weighted by Gasteiger charge is -2.30. The lowest BCUT2D eigenvalue weighted by Crippen LogP contribution is -2.42. The smallest absolute Gasteiger partial charge is 0.326 e. The lowest BCUT2D eigenvalue weighted by molar-refractivity contribution is -0.143. The molecule has 6 heteroatoms. The van der Waals surface area contributed by atoms with Crippen LogP contribution >= 0.6 is 11.6 Å². The number of rotatable bonds is 8. The monoisotopic (exact) mass is 313 g/mol. The number of halogens is 1. The summed E-state index contributed by atoms with van der Waals surface area (Å²) in [6.07, 6.45) is 0.520. The minimum atomic E-state index is -0.943. The number of nitrogens with zero attached hydrogens (tertiary/aromatic N) is 1. The molecule has 0 amide bonds. The molecule has 0 aliphatic carbocycles. The number of carbonyl (C=O) groups excluding carboxylic acids is 1. The molecule has 0 saturated carbocycles. The van der Waals surface area contributed by atoms with Gasteiger partial charge in [0.05, 0.1) is 23.7 Å². The zero-order valence-corrected chi connectivity index (χ0v) is 13.0. The Kier molecular flexibility index (Phi) is 7.02. The third kappa shape index (κ3) is 4.93. The number of esters is 1. The van der Waals surface area contributed by atoms with Gasteiger partial charge in [0.25, 0.3) is 0 Å². The van der Waals surface area contributed by atoms with Crippen molar-refractivity contribution in [1.82, 2.24) is 0 Å². The van der Waals surface area contributed by atoms with Crippen LogP contribution in [0.25, 0.3) is 0 Å². The number of hydrogen-bond donors (Lipinski definition) is 1. The van der Waals surface area contributed by atoms with E-state index in [4.69, 9.17) is 16.3 Å². The molecule has 0 aliphatic rings. The second-order valence-electron chi connectivity index (χ2n) is 4.46. The molecule has 0 heterocycles. The summed E-state index contributed by atoms with van der Waals surface area (Å²) >= 11 is 6.15. The molecular formula is C15H20ClNO4. The molecule has 21 heavy (non-hydrogen) atoms. The van der Waals surface area contributed by atoms with Crippen LogP contribution in [-0.2, 0) is 14.3 Å². The topological polar surface area (TPSA) is 66.8 Å². The molecule has 1 unspecified atom stereocenters. The maximum absolute atomic E-state index is 11.5. The fourth-order valence-corrected chi connectivity index (χ4v) is 2.35. The summed E-state index contributed by atoms with van der Waals surface area (Å²) in [5.74, 6) is -1.30. The summed E-state index contributed by atoms with van der Waals surface area (Å²) in [7, 11) is 0. The second kappa shape index (κ2) is 8.52. The fourth-order valence-electron chi connectivity index (χ4n) is 2.10. The van der Waals surface area contributed by atoms with E-state index >= 15 is 0 Å². The molecule has 116 valence electrons. The summed E-state index contributed by atoms with van der Waals surface area (Å²) in [6, 6.07) is 6.27. The number of para-hydroxylation sites is 1. The van der Waals surface area contributed by atoms with Gasteiger partial charge in [0.1, 0.15) is 6.04 Å². The average molecular weight is 314 g/mol. The van der Waals surface area contributed by atoms with E-state index in [9.17, 15) is 14.7 Å². The minimum Gasteiger partial charge on any atom is -0.480 e. The highest BCUT2D eigenvalue weighted by Crippen LogP contribution is 2.28. The van der Waals surface area contributed by atoms with Gasteiger partial charge in [-0.3, -0.25) is 4.79 Å². The van der Waals surface area contributed by atoms with Crippen molar-refractivity contribution in [1.29, 1.82) is 0 Å². The van der Waals surface area contributed by atoms with Gasteiger partial charge >= 0.3 is 11.9 Å². The molecule has 0 fully saturated rings. The molecule has 1 N–H and O–H groups in total. The van der Waals surface area contributed by atoms with E-state index in [0.717, 1.165) is 0 Å². The second-order valence-corrected chi connectivity index (χ2v) is 4.87. The fraction of sp³-hybridized carbons (Fsp3) is 0.467. The predicted octanol–water partition coefficient (Wildman–Crippen LogP) is 2.96. The Morgan fingerprint density at radius 1 is 1.33 bits per heavy atom. The number of benzene rings is 1. The minimum absolute atomic E-state index is 0.114. The lowest BCUT2D eigenvalue weighted by atomic mass is 10.1. The van der Waals surface area contributed by atoms with E-state index in [2.05, 4.69) is 0 Å². The van der Waals surface area contributed by atoms with Crippen LogP contribution in [0.5, 0.6) is 0 Å². The van der Waals surface area contributed by atoms with Gasteiger partial charge in [-0.2, -0.15) is 0 Å². The van der Waals surface area contributed by atoms with Crippen LogP contribution in [0.2, 0.25) is 5.02 Å². The van der Waals surface area contributed by atoms with Crippen molar-refractivity contribution in [2.75, 3.05) is 18.1 Å². The van der Waals surface area contributed by atoms with Gasteiger partial charge in [-0.05, 0) is 25.5 Å². The molecule has 1 aromatic rings. The number of carboxylic acids is 1. The van der Waals surface area contributed by atoms with Crippen molar-refractivity contribution in [3.05, 3.63) is 29.3 Å². The number of hydrogen-bond acceptors (Lipinski definition) is 4. The zero-order valence-electron chi connectivity index (χ0n) is 12.2. The highest BCUT2D eigenvalue weighted by molar-refractivity contribution is 6.33. The van der Waals surface area contributed by atoms with E-state index < -0.39 is 12.0 Å². The number of carboxylic acid groups (broad SMARTS) is 1. The predicted molar refractivity (Wildman–Crippen MR) is 81.8 cm³/mol. The zero-order chi connectivity index (χ0) is 15.8. The normalized spacial score (nSPS) is 11.8. The largest absolute Gasteiger partial charge is 0.480 e. The maximum atomic E-state index is 11.5. The first-order valence-electron chi connectivity index (χ1n) is 6.90. The molecule has 0 aromatic heterocycles. The number of aliphatic carboxylic acids is 1. The molecule has 1 atom stereocenters. The van der Waals surface area contributed by atoms with Crippen molar-refractivity contribution < 1.29 is 19.4 Å². The van der Waals surface area contributed by atoms with Gasteiger partial charge in [-0.15, -0.1) is 0 Å². The Balaban J connectivity index is 2.97. The van der Waals surface area contributed by atoms with Crippen LogP contribution in [-0.4, -0.2) is 36.2 Å². The number of ether oxygens (including phenoxy) is 1. The van der Waals surface area contributed by atoms with Crippen molar-refractivity contribution in [3.63, 3.8) is 0 Å². The molecule has 0 radical (unpaired) electrons. The Labute approximate surface area is 129 Å². The van der Waals surface area contributed by atoms with E-state index in [0.29, 0.717) is 23.7 Å². The Hall–Kier alpha value is -1.75.